The van der Waals surface area contributed by atoms with Crippen molar-refractivity contribution in [2.45, 2.75) is 239 Å². The average Bonchev–Trinajstić information content (AvgIpc) is 3.27. The third-order valence-corrected chi connectivity index (χ3v) is 10.7. The fourth-order valence-electron chi connectivity index (χ4n) is 6.94. The van der Waals surface area contributed by atoms with Gasteiger partial charge in [0.15, 0.2) is 6.10 Å². The Kier molecular flexibility index (Phi) is 47.5. The van der Waals surface area contributed by atoms with Gasteiger partial charge in [0.2, 0.25) is 0 Å². The zero-order valence-corrected chi connectivity index (χ0v) is 40.4. The summed E-state index contributed by atoms with van der Waals surface area (Å²) in [5, 5.41) is 0. The molecule has 0 rings (SSSR count). The molecule has 354 valence electrons. The smallest absolute Gasteiger partial charge is 0.306 e. The van der Waals surface area contributed by atoms with Crippen molar-refractivity contribution < 1.29 is 28.6 Å². The highest BCUT2D eigenvalue weighted by Gasteiger charge is 2.19. The SMILES string of the molecule is CC\C=C/C=C\C=C/C=C\CCCCCC(=O)OCC(COC(=O)CCCCCCCC/C=C\C/C=C\C/C=C\CC)OC(=O)CCCCCCCCCCCCCCCCC. The molecule has 1 unspecified atom stereocenters. The van der Waals surface area contributed by atoms with Crippen molar-refractivity contribution in [3.63, 3.8) is 0 Å². The molecule has 0 aliphatic rings. The lowest BCUT2D eigenvalue weighted by molar-refractivity contribution is -0.167. The molecule has 0 aliphatic heterocycles. The number of esters is 3. The standard InChI is InChI=1S/C56H94O6/c1-4-7-10-13-16-19-22-25-27-29-31-34-37-40-43-46-49-55(58)61-52-53(51-60-54(57)48-45-42-39-36-33-30-24-21-18-15-12-9-6-3)62-56(59)50-47-44-41-38-35-32-28-26-23-20-17-14-11-8-5-2/h7,9-10,12,15-16,18-19,21,24-25,27,30,33,53H,4-6,8,11,13-14,17,20,22-23,26,28-29,31-32,34-52H2,1-3H3/b10-7-,12-9-,18-15-,19-16-,24-21-,27-25-,33-30-. The van der Waals surface area contributed by atoms with Gasteiger partial charge < -0.3 is 14.2 Å². The maximum absolute atomic E-state index is 12.8. The van der Waals surface area contributed by atoms with Crippen molar-refractivity contribution in [3.05, 3.63) is 85.1 Å². The maximum Gasteiger partial charge on any atom is 0.306 e. The number of rotatable bonds is 45. The van der Waals surface area contributed by atoms with Gasteiger partial charge in [-0.25, -0.2) is 0 Å². The summed E-state index contributed by atoms with van der Waals surface area (Å²) in [5.74, 6) is -0.946. The molecule has 6 heteroatoms. The van der Waals surface area contributed by atoms with Crippen LogP contribution in [0, 0.1) is 0 Å². The van der Waals surface area contributed by atoms with E-state index in [4.69, 9.17) is 14.2 Å². The van der Waals surface area contributed by atoms with E-state index in [-0.39, 0.29) is 31.1 Å². The second kappa shape index (κ2) is 50.2. The fourth-order valence-corrected chi connectivity index (χ4v) is 6.94. The Bertz CT molecular complexity index is 1220. The molecule has 1 atom stereocenters. The summed E-state index contributed by atoms with van der Waals surface area (Å²) in [5.41, 5.74) is 0. The Morgan fingerprint density at radius 2 is 0.710 bits per heavy atom. The zero-order chi connectivity index (χ0) is 45.1. The van der Waals surface area contributed by atoms with E-state index >= 15 is 0 Å². The topological polar surface area (TPSA) is 78.9 Å². The van der Waals surface area contributed by atoms with Crippen molar-refractivity contribution in [2.75, 3.05) is 13.2 Å². The largest absolute Gasteiger partial charge is 0.462 e. The van der Waals surface area contributed by atoms with E-state index in [1.807, 2.05) is 36.5 Å². The van der Waals surface area contributed by atoms with Gasteiger partial charge in [0, 0.05) is 19.3 Å². The summed E-state index contributed by atoms with van der Waals surface area (Å²) < 4.78 is 16.8. The van der Waals surface area contributed by atoms with E-state index < -0.39 is 6.10 Å². The van der Waals surface area contributed by atoms with Crippen LogP contribution in [0.4, 0.5) is 0 Å². The molecule has 0 fully saturated rings. The molecular formula is C56H94O6. The molecule has 0 N–H and O–H groups in total. The number of carbonyl (C=O) groups is 3. The van der Waals surface area contributed by atoms with Crippen molar-refractivity contribution >= 4 is 17.9 Å². The third kappa shape index (κ3) is 47.6. The van der Waals surface area contributed by atoms with Crippen LogP contribution in [0.15, 0.2) is 85.1 Å². The second-order valence-electron chi connectivity index (χ2n) is 16.8. The Morgan fingerprint density at radius 1 is 0.355 bits per heavy atom. The molecule has 0 amide bonds. The van der Waals surface area contributed by atoms with Gasteiger partial charge in [-0.3, -0.25) is 14.4 Å². The van der Waals surface area contributed by atoms with E-state index in [0.29, 0.717) is 19.3 Å². The first-order chi connectivity index (χ1) is 30.5. The van der Waals surface area contributed by atoms with Crippen LogP contribution in [0.3, 0.4) is 0 Å². The van der Waals surface area contributed by atoms with E-state index in [9.17, 15) is 14.4 Å². The predicted molar refractivity (Wildman–Crippen MR) is 265 cm³/mol. The average molecular weight is 863 g/mol. The summed E-state index contributed by atoms with van der Waals surface area (Å²) in [7, 11) is 0. The van der Waals surface area contributed by atoms with E-state index in [1.54, 1.807) is 0 Å². The van der Waals surface area contributed by atoms with Gasteiger partial charge in [-0.05, 0) is 70.6 Å². The first-order valence-corrected chi connectivity index (χ1v) is 25.6. The molecule has 0 aromatic heterocycles. The molecule has 0 aromatic carbocycles. The van der Waals surface area contributed by atoms with E-state index in [1.165, 1.54) is 96.3 Å². The van der Waals surface area contributed by atoms with Gasteiger partial charge in [-0.2, -0.15) is 0 Å². The summed E-state index contributed by atoms with van der Waals surface area (Å²) in [6.45, 7) is 6.34. The quantitative estimate of drug-likeness (QED) is 0.0199. The van der Waals surface area contributed by atoms with Gasteiger partial charge in [-0.1, -0.05) is 228 Å². The number of carbonyl (C=O) groups excluding carboxylic acids is 3. The first-order valence-electron chi connectivity index (χ1n) is 25.6. The Hall–Kier alpha value is -3.41. The summed E-state index contributed by atoms with van der Waals surface area (Å²) in [6.07, 6.45) is 64.2. The molecule has 0 saturated heterocycles. The lowest BCUT2D eigenvalue weighted by atomic mass is 10.0. The Morgan fingerprint density at radius 3 is 1.19 bits per heavy atom. The molecule has 0 spiro atoms. The Balaban J connectivity index is 4.45. The minimum absolute atomic E-state index is 0.0953. The van der Waals surface area contributed by atoms with Gasteiger partial charge >= 0.3 is 17.9 Å². The van der Waals surface area contributed by atoms with Crippen molar-refractivity contribution in [1.29, 1.82) is 0 Å². The number of hydrogen-bond donors (Lipinski definition) is 0. The normalized spacial score (nSPS) is 12.8. The lowest BCUT2D eigenvalue weighted by Crippen LogP contribution is -2.30. The van der Waals surface area contributed by atoms with Crippen molar-refractivity contribution in [3.8, 4) is 0 Å². The highest BCUT2D eigenvalue weighted by atomic mass is 16.6. The van der Waals surface area contributed by atoms with Crippen molar-refractivity contribution in [2.24, 2.45) is 0 Å². The fraction of sp³-hybridized carbons (Fsp3) is 0.696. The monoisotopic (exact) mass is 863 g/mol. The van der Waals surface area contributed by atoms with Gasteiger partial charge in [0.05, 0.1) is 0 Å². The maximum atomic E-state index is 12.8. The lowest BCUT2D eigenvalue weighted by Gasteiger charge is -2.18. The molecule has 0 bridgehead atoms. The summed E-state index contributed by atoms with van der Waals surface area (Å²) in [4.78, 5) is 38.0. The van der Waals surface area contributed by atoms with Gasteiger partial charge in [0.1, 0.15) is 13.2 Å². The number of ether oxygens (including phenoxy) is 3. The van der Waals surface area contributed by atoms with E-state index in [2.05, 4.69) is 69.4 Å². The molecule has 0 aliphatic carbocycles. The molecule has 0 aromatic rings. The minimum Gasteiger partial charge on any atom is -0.462 e. The first kappa shape index (κ1) is 58.6. The molecular weight excluding hydrogens is 769 g/mol. The molecule has 0 heterocycles. The third-order valence-electron chi connectivity index (χ3n) is 10.7. The van der Waals surface area contributed by atoms with E-state index in [0.717, 1.165) is 96.3 Å². The molecule has 6 nitrogen and oxygen atoms in total. The van der Waals surface area contributed by atoms with Crippen LogP contribution in [-0.4, -0.2) is 37.2 Å². The van der Waals surface area contributed by atoms with Crippen LogP contribution < -0.4 is 0 Å². The van der Waals surface area contributed by atoms with Crippen LogP contribution in [0.25, 0.3) is 0 Å². The molecule has 62 heavy (non-hydrogen) atoms. The number of hydrogen-bond acceptors (Lipinski definition) is 6. The molecule has 0 saturated carbocycles. The minimum atomic E-state index is -0.796. The van der Waals surface area contributed by atoms with Crippen LogP contribution >= 0.6 is 0 Å². The van der Waals surface area contributed by atoms with Crippen LogP contribution in [0.5, 0.6) is 0 Å². The van der Waals surface area contributed by atoms with Gasteiger partial charge in [-0.15, -0.1) is 0 Å². The summed E-state index contributed by atoms with van der Waals surface area (Å²) in [6, 6.07) is 0. The van der Waals surface area contributed by atoms with Crippen molar-refractivity contribution in [1.82, 2.24) is 0 Å². The molecule has 0 radical (unpaired) electrons. The van der Waals surface area contributed by atoms with Crippen LogP contribution in [-0.2, 0) is 28.6 Å². The number of allylic oxidation sites excluding steroid dienone is 14. The highest BCUT2D eigenvalue weighted by Crippen LogP contribution is 2.15. The second-order valence-corrected chi connectivity index (χ2v) is 16.8. The highest BCUT2D eigenvalue weighted by molar-refractivity contribution is 5.71. The van der Waals surface area contributed by atoms with Crippen LogP contribution in [0.2, 0.25) is 0 Å². The Labute approximate surface area is 382 Å². The predicted octanol–water partition coefficient (Wildman–Crippen LogP) is 16.8. The zero-order valence-electron chi connectivity index (χ0n) is 40.4. The van der Waals surface area contributed by atoms with Crippen LogP contribution in [0.1, 0.15) is 233 Å². The number of unbranched alkanes of at least 4 members (excludes halogenated alkanes) is 23. The van der Waals surface area contributed by atoms with Gasteiger partial charge in [0.25, 0.3) is 0 Å². The summed E-state index contributed by atoms with van der Waals surface area (Å²) >= 11 is 0.